The SMILES string of the molecule is COc1ccc(Oc2c(C)oc3cc(OCc4cc(Cl)cc5c4OCOC5)ccc3c2=O)cc1. The molecule has 8 heteroatoms. The lowest BCUT2D eigenvalue weighted by molar-refractivity contribution is -0.0175. The summed E-state index contributed by atoms with van der Waals surface area (Å²) in [5, 5.41) is 0.970. The second-order valence-electron chi connectivity index (χ2n) is 7.70. The van der Waals surface area contributed by atoms with Gasteiger partial charge in [0, 0.05) is 22.2 Å². The summed E-state index contributed by atoms with van der Waals surface area (Å²) in [5.74, 6) is 2.96. The van der Waals surface area contributed by atoms with Crippen LogP contribution in [0.25, 0.3) is 11.0 Å². The molecule has 7 nitrogen and oxygen atoms in total. The van der Waals surface area contributed by atoms with Crippen LogP contribution in [0.3, 0.4) is 0 Å². The minimum atomic E-state index is -0.265. The summed E-state index contributed by atoms with van der Waals surface area (Å²) in [6.07, 6.45) is 0. The van der Waals surface area contributed by atoms with Crippen molar-refractivity contribution in [1.82, 2.24) is 0 Å². The topological polar surface area (TPSA) is 76.4 Å². The quantitative estimate of drug-likeness (QED) is 0.335. The van der Waals surface area contributed by atoms with Crippen molar-refractivity contribution in [3.8, 4) is 28.7 Å². The predicted molar refractivity (Wildman–Crippen MR) is 126 cm³/mol. The van der Waals surface area contributed by atoms with Crippen LogP contribution < -0.4 is 24.4 Å². The molecule has 34 heavy (non-hydrogen) atoms. The third-order valence-electron chi connectivity index (χ3n) is 5.41. The van der Waals surface area contributed by atoms with E-state index in [9.17, 15) is 4.79 Å². The van der Waals surface area contributed by atoms with Crippen LogP contribution in [0.5, 0.6) is 28.7 Å². The number of hydrogen-bond donors (Lipinski definition) is 0. The van der Waals surface area contributed by atoms with Gasteiger partial charge in [-0.1, -0.05) is 11.6 Å². The average Bonchev–Trinajstić information content (AvgIpc) is 2.85. The highest BCUT2D eigenvalue weighted by Crippen LogP contribution is 2.33. The molecule has 0 bridgehead atoms. The van der Waals surface area contributed by atoms with Crippen LogP contribution in [0.15, 0.2) is 63.8 Å². The first kappa shape index (κ1) is 22.1. The molecule has 0 amide bonds. The highest BCUT2D eigenvalue weighted by atomic mass is 35.5. The lowest BCUT2D eigenvalue weighted by Crippen LogP contribution is -2.14. The van der Waals surface area contributed by atoms with Crippen molar-refractivity contribution in [3.63, 3.8) is 0 Å². The molecular weight excluding hydrogens is 460 g/mol. The van der Waals surface area contributed by atoms with Crippen LogP contribution in [-0.4, -0.2) is 13.9 Å². The second kappa shape index (κ2) is 9.29. The molecule has 0 saturated carbocycles. The Hall–Kier alpha value is -3.68. The van der Waals surface area contributed by atoms with Crippen LogP contribution in [0.2, 0.25) is 5.02 Å². The molecule has 174 valence electrons. The minimum absolute atomic E-state index is 0.135. The van der Waals surface area contributed by atoms with Gasteiger partial charge < -0.3 is 28.1 Å². The molecule has 1 aliphatic rings. The Morgan fingerprint density at radius 2 is 1.76 bits per heavy atom. The molecule has 5 rings (SSSR count). The highest BCUT2D eigenvalue weighted by Gasteiger charge is 2.18. The summed E-state index contributed by atoms with van der Waals surface area (Å²) in [7, 11) is 1.58. The number of ether oxygens (including phenoxy) is 5. The van der Waals surface area contributed by atoms with Crippen LogP contribution in [0.4, 0.5) is 0 Å². The molecule has 0 atom stereocenters. The molecule has 0 N–H and O–H groups in total. The molecule has 1 aliphatic heterocycles. The van der Waals surface area contributed by atoms with E-state index in [1.54, 1.807) is 62.6 Å². The van der Waals surface area contributed by atoms with Gasteiger partial charge in [0.2, 0.25) is 11.2 Å². The standard InChI is InChI=1S/C26H21ClO7/c1-15-25(34-20-5-3-19(29-2)4-6-20)24(28)22-8-7-21(11-23(22)33-15)31-13-17-10-18(27)9-16-12-30-14-32-26(16)17/h3-11H,12-14H2,1-2H3. The zero-order chi connectivity index (χ0) is 23.7. The van der Waals surface area contributed by atoms with E-state index in [-0.39, 0.29) is 24.6 Å². The van der Waals surface area contributed by atoms with E-state index in [0.29, 0.717) is 45.6 Å². The maximum atomic E-state index is 13.1. The molecule has 4 aromatic rings. The van der Waals surface area contributed by atoms with Crippen LogP contribution >= 0.6 is 11.6 Å². The smallest absolute Gasteiger partial charge is 0.235 e. The van der Waals surface area contributed by atoms with Gasteiger partial charge >= 0.3 is 0 Å². The Morgan fingerprint density at radius 3 is 2.56 bits per heavy atom. The van der Waals surface area contributed by atoms with E-state index in [2.05, 4.69) is 0 Å². The summed E-state index contributed by atoms with van der Waals surface area (Å²) in [6, 6.07) is 15.6. The maximum Gasteiger partial charge on any atom is 0.235 e. The van der Waals surface area contributed by atoms with Gasteiger partial charge in [-0.25, -0.2) is 0 Å². The van der Waals surface area contributed by atoms with Crippen molar-refractivity contribution in [2.75, 3.05) is 13.9 Å². The highest BCUT2D eigenvalue weighted by molar-refractivity contribution is 6.30. The van der Waals surface area contributed by atoms with Gasteiger partial charge in [0.05, 0.1) is 19.1 Å². The normalized spacial score (nSPS) is 12.7. The molecule has 1 aromatic heterocycles. The molecule has 0 spiro atoms. The van der Waals surface area contributed by atoms with E-state index < -0.39 is 0 Å². The van der Waals surface area contributed by atoms with Gasteiger partial charge in [-0.3, -0.25) is 4.79 Å². The zero-order valence-corrected chi connectivity index (χ0v) is 19.3. The Morgan fingerprint density at radius 1 is 1.00 bits per heavy atom. The Labute approximate surface area is 200 Å². The van der Waals surface area contributed by atoms with Gasteiger partial charge in [-0.2, -0.15) is 0 Å². The predicted octanol–water partition coefficient (Wildman–Crippen LogP) is 6.00. The number of benzene rings is 3. The fourth-order valence-electron chi connectivity index (χ4n) is 3.76. The molecule has 0 radical (unpaired) electrons. The van der Waals surface area contributed by atoms with Crippen molar-refractivity contribution in [1.29, 1.82) is 0 Å². The molecular formula is C26H21ClO7. The van der Waals surface area contributed by atoms with Gasteiger partial charge in [0.25, 0.3) is 0 Å². The van der Waals surface area contributed by atoms with Crippen LogP contribution in [-0.2, 0) is 18.0 Å². The fourth-order valence-corrected chi connectivity index (χ4v) is 4.03. The number of rotatable bonds is 6. The third-order valence-corrected chi connectivity index (χ3v) is 5.63. The summed E-state index contributed by atoms with van der Waals surface area (Å²) < 4.78 is 33.8. The molecule has 0 unspecified atom stereocenters. The van der Waals surface area contributed by atoms with Gasteiger partial charge in [-0.05, 0) is 55.5 Å². The Balaban J connectivity index is 1.39. The number of hydrogen-bond acceptors (Lipinski definition) is 7. The van der Waals surface area contributed by atoms with Crippen molar-refractivity contribution < 1.29 is 28.1 Å². The van der Waals surface area contributed by atoms with Crippen molar-refractivity contribution in [2.24, 2.45) is 0 Å². The average molecular weight is 481 g/mol. The zero-order valence-electron chi connectivity index (χ0n) is 18.6. The number of methoxy groups -OCH3 is 1. The first-order valence-electron chi connectivity index (χ1n) is 10.6. The largest absolute Gasteiger partial charge is 0.497 e. The van der Waals surface area contributed by atoms with Crippen LogP contribution in [0.1, 0.15) is 16.9 Å². The first-order chi connectivity index (χ1) is 16.5. The monoisotopic (exact) mass is 480 g/mol. The summed E-state index contributed by atoms with van der Waals surface area (Å²) in [4.78, 5) is 13.1. The van der Waals surface area contributed by atoms with Crippen molar-refractivity contribution in [3.05, 3.63) is 86.7 Å². The molecule has 0 fully saturated rings. The fraction of sp³-hybridized carbons (Fsp3) is 0.192. The lowest BCUT2D eigenvalue weighted by Gasteiger charge is -2.21. The molecule has 3 aromatic carbocycles. The number of fused-ring (bicyclic) bond motifs is 2. The maximum absolute atomic E-state index is 13.1. The number of aryl methyl sites for hydroxylation is 1. The van der Waals surface area contributed by atoms with Gasteiger partial charge in [-0.15, -0.1) is 0 Å². The third kappa shape index (κ3) is 4.40. The van der Waals surface area contributed by atoms with E-state index in [0.717, 1.165) is 16.9 Å². The Bertz CT molecular complexity index is 1410. The van der Waals surface area contributed by atoms with Gasteiger partial charge in [0.15, 0.2) is 6.79 Å². The van der Waals surface area contributed by atoms with Crippen molar-refractivity contribution in [2.45, 2.75) is 20.1 Å². The van der Waals surface area contributed by atoms with E-state index in [4.69, 9.17) is 39.7 Å². The van der Waals surface area contributed by atoms with Crippen LogP contribution in [0, 0.1) is 6.92 Å². The number of halogens is 1. The van der Waals surface area contributed by atoms with E-state index in [1.165, 1.54) is 0 Å². The lowest BCUT2D eigenvalue weighted by atomic mass is 10.1. The summed E-state index contributed by atoms with van der Waals surface area (Å²) in [5.41, 5.74) is 1.83. The second-order valence-corrected chi connectivity index (χ2v) is 8.14. The summed E-state index contributed by atoms with van der Waals surface area (Å²) >= 11 is 6.23. The molecule has 2 heterocycles. The van der Waals surface area contributed by atoms with Crippen molar-refractivity contribution >= 4 is 22.6 Å². The molecule has 0 saturated heterocycles. The Kier molecular flexibility index (Phi) is 6.04. The van der Waals surface area contributed by atoms with E-state index in [1.807, 2.05) is 6.07 Å². The minimum Gasteiger partial charge on any atom is -0.497 e. The summed E-state index contributed by atoms with van der Waals surface area (Å²) in [6.45, 7) is 2.54. The molecule has 0 aliphatic carbocycles. The van der Waals surface area contributed by atoms with Gasteiger partial charge in [0.1, 0.15) is 40.9 Å². The first-order valence-corrected chi connectivity index (χ1v) is 10.9. The van der Waals surface area contributed by atoms with E-state index >= 15 is 0 Å².